The van der Waals surface area contributed by atoms with Gasteiger partial charge in [-0.1, -0.05) is 117 Å². The van der Waals surface area contributed by atoms with Gasteiger partial charge in [-0.2, -0.15) is 0 Å². The number of ether oxygens (including phenoxy) is 3. The first-order chi connectivity index (χ1) is 25.2. The van der Waals surface area contributed by atoms with Crippen LogP contribution in [0.25, 0.3) is 0 Å². The Balaban J connectivity index is 2.18. The summed E-state index contributed by atoms with van der Waals surface area (Å²) in [4.78, 5) is 0. The summed E-state index contributed by atoms with van der Waals surface area (Å²) in [5.41, 5.74) is 1.74. The molecule has 0 bridgehead atoms. The number of benzene rings is 3. The smallest absolute Gasteiger partial charge is 0.192 e. The van der Waals surface area contributed by atoms with E-state index in [1.165, 1.54) is 0 Å². The highest BCUT2D eigenvalue weighted by atomic mass is 28.4. The Kier molecular flexibility index (Phi) is 15.5. The lowest BCUT2D eigenvalue weighted by Gasteiger charge is -2.44. The molecule has 3 atom stereocenters. The number of aliphatic hydroxyl groups is 1. The van der Waals surface area contributed by atoms with Gasteiger partial charge in [0.15, 0.2) is 25.0 Å². The number of hydrogen-bond donors (Lipinski definition) is 1. The maximum Gasteiger partial charge on any atom is 0.192 e. The second-order valence-electron chi connectivity index (χ2n) is 19.6. The highest BCUT2D eigenvalue weighted by Gasteiger charge is 2.46. The lowest BCUT2D eigenvalue weighted by atomic mass is 9.80. The van der Waals surface area contributed by atoms with Gasteiger partial charge in [-0.05, 0) is 95.4 Å². The fraction of sp³-hybridized carbons (Fsp3) is 0.600. The molecule has 10 heteroatoms. The highest BCUT2D eigenvalue weighted by Crippen LogP contribution is 2.44. The van der Waals surface area contributed by atoms with Gasteiger partial charge in [0, 0.05) is 6.42 Å². The largest absolute Gasteiger partial charge is 0.497 e. The van der Waals surface area contributed by atoms with E-state index in [2.05, 4.69) is 138 Å². The summed E-state index contributed by atoms with van der Waals surface area (Å²) in [7, 11) is -3.44. The topological polar surface area (TPSA) is 75.6 Å². The molecular formula is C45H74O7Si3. The predicted molar refractivity (Wildman–Crippen MR) is 236 cm³/mol. The first-order valence-electron chi connectivity index (χ1n) is 19.9. The SMILES string of the molecule is COc1ccc(C(OC[C@H](O[Si](C)(C)C(C)(C)C)[C@@H](O)CC(CO[Si](C)(C)C(C)(C)C)O[Si](C)(C)C(C)(C)C)(c2ccccc2)c2ccc(OC)cc2)cc1. The van der Waals surface area contributed by atoms with Crippen molar-refractivity contribution in [3.63, 3.8) is 0 Å². The van der Waals surface area contributed by atoms with Gasteiger partial charge in [0.2, 0.25) is 0 Å². The zero-order valence-electron chi connectivity index (χ0n) is 37.3. The maximum atomic E-state index is 12.5. The van der Waals surface area contributed by atoms with Crippen LogP contribution in [0.2, 0.25) is 54.4 Å². The molecule has 308 valence electrons. The van der Waals surface area contributed by atoms with Crippen molar-refractivity contribution < 1.29 is 32.6 Å². The monoisotopic (exact) mass is 810 g/mol. The highest BCUT2D eigenvalue weighted by molar-refractivity contribution is 6.75. The zero-order chi connectivity index (χ0) is 41.7. The van der Waals surface area contributed by atoms with Crippen molar-refractivity contribution in [3.8, 4) is 11.5 Å². The third-order valence-corrected chi connectivity index (χ3v) is 26.1. The molecule has 0 aromatic heterocycles. The molecule has 0 spiro atoms. The molecule has 0 aliphatic carbocycles. The molecule has 3 aromatic rings. The molecule has 7 nitrogen and oxygen atoms in total. The molecule has 3 aromatic carbocycles. The summed E-state index contributed by atoms with van der Waals surface area (Å²) in [6, 6.07) is 26.3. The molecule has 3 rings (SSSR count). The van der Waals surface area contributed by atoms with Crippen molar-refractivity contribution in [3.05, 3.63) is 95.6 Å². The average Bonchev–Trinajstić information content (AvgIpc) is 3.09. The number of rotatable bonds is 18. The van der Waals surface area contributed by atoms with Crippen molar-refractivity contribution in [1.29, 1.82) is 0 Å². The lowest BCUT2D eigenvalue weighted by Crippen LogP contribution is -2.52. The molecular weight excluding hydrogens is 737 g/mol. The molecule has 0 saturated heterocycles. The average molecular weight is 811 g/mol. The van der Waals surface area contributed by atoms with E-state index in [0.717, 1.165) is 28.2 Å². The van der Waals surface area contributed by atoms with E-state index in [9.17, 15) is 5.11 Å². The first-order valence-corrected chi connectivity index (χ1v) is 28.6. The first kappa shape index (κ1) is 47.1. The molecule has 1 unspecified atom stereocenters. The van der Waals surface area contributed by atoms with Crippen LogP contribution >= 0.6 is 0 Å². The van der Waals surface area contributed by atoms with Crippen LogP contribution in [0.3, 0.4) is 0 Å². The van der Waals surface area contributed by atoms with Crippen LogP contribution in [0, 0.1) is 0 Å². The van der Waals surface area contributed by atoms with Crippen molar-refractivity contribution in [2.24, 2.45) is 0 Å². The van der Waals surface area contributed by atoms with Gasteiger partial charge in [0.25, 0.3) is 0 Å². The number of hydrogen-bond acceptors (Lipinski definition) is 7. The Hall–Kier alpha value is -2.29. The molecule has 0 aliphatic heterocycles. The summed E-state index contributed by atoms with van der Waals surface area (Å²) in [6.07, 6.45) is -1.52. The van der Waals surface area contributed by atoms with Crippen LogP contribution < -0.4 is 9.47 Å². The van der Waals surface area contributed by atoms with Crippen molar-refractivity contribution in [2.45, 2.75) is 147 Å². The van der Waals surface area contributed by atoms with Gasteiger partial charge in [0.1, 0.15) is 17.1 Å². The van der Waals surface area contributed by atoms with Crippen LogP contribution in [0.4, 0.5) is 0 Å². The molecule has 55 heavy (non-hydrogen) atoms. The van der Waals surface area contributed by atoms with Crippen molar-refractivity contribution in [2.75, 3.05) is 27.4 Å². The Morgan fingerprint density at radius 1 is 0.527 bits per heavy atom. The standard InChI is InChI=1S/C45H74O7Si3/c1-42(2,3)53(12,13)50-32-39(51-54(14,15)43(4,5)6)31-40(46)41(52-55(16,17)44(7,8)9)33-49-45(34-21-19-18-20-22-34,35-23-27-37(47-10)28-24-35)36-25-29-38(48-11)30-26-36/h18-30,39-41,46H,31-33H2,1-17H3/t39?,40-,41-/m0/s1. The van der Waals surface area contributed by atoms with E-state index < -0.39 is 42.8 Å². The third-order valence-electron chi connectivity index (χ3n) is 12.5. The Morgan fingerprint density at radius 3 is 1.33 bits per heavy atom. The Labute approximate surface area is 337 Å². The molecule has 0 aliphatic rings. The van der Waals surface area contributed by atoms with E-state index in [1.54, 1.807) is 14.2 Å². The second-order valence-corrected chi connectivity index (χ2v) is 33.9. The fourth-order valence-electron chi connectivity index (χ4n) is 5.74. The normalized spacial score (nSPS) is 15.4. The minimum atomic E-state index is -2.42. The minimum Gasteiger partial charge on any atom is -0.497 e. The van der Waals surface area contributed by atoms with Crippen LogP contribution in [0.5, 0.6) is 11.5 Å². The summed E-state index contributed by atoms with van der Waals surface area (Å²) in [5, 5.41) is 12.4. The van der Waals surface area contributed by atoms with Crippen LogP contribution in [-0.2, 0) is 23.6 Å². The Bertz CT molecular complexity index is 1560. The van der Waals surface area contributed by atoms with Gasteiger partial charge in [0.05, 0.1) is 45.7 Å². The third kappa shape index (κ3) is 11.7. The van der Waals surface area contributed by atoms with Gasteiger partial charge in [-0.15, -0.1) is 0 Å². The van der Waals surface area contributed by atoms with E-state index in [4.69, 9.17) is 27.5 Å². The van der Waals surface area contributed by atoms with E-state index >= 15 is 0 Å². The van der Waals surface area contributed by atoms with Gasteiger partial charge in [-0.25, -0.2) is 0 Å². The van der Waals surface area contributed by atoms with Crippen LogP contribution in [0.15, 0.2) is 78.9 Å². The minimum absolute atomic E-state index is 0.0145. The van der Waals surface area contributed by atoms with E-state index in [0.29, 0.717) is 13.0 Å². The van der Waals surface area contributed by atoms with Gasteiger partial charge >= 0.3 is 0 Å². The molecule has 0 saturated carbocycles. The van der Waals surface area contributed by atoms with Gasteiger partial charge < -0.3 is 32.6 Å². The van der Waals surface area contributed by atoms with E-state index in [1.807, 2.05) is 42.5 Å². The van der Waals surface area contributed by atoms with E-state index in [-0.39, 0.29) is 27.8 Å². The quantitative estimate of drug-likeness (QED) is 0.101. The summed E-state index contributed by atoms with van der Waals surface area (Å²) < 4.78 is 39.6. The molecule has 0 amide bonds. The molecule has 0 fully saturated rings. The lowest BCUT2D eigenvalue weighted by molar-refractivity contribution is -0.0830. The second kappa shape index (κ2) is 18.1. The van der Waals surface area contributed by atoms with Crippen LogP contribution in [0.1, 0.15) is 85.4 Å². The van der Waals surface area contributed by atoms with Crippen molar-refractivity contribution >= 4 is 25.0 Å². The summed E-state index contributed by atoms with van der Waals surface area (Å²) in [6.45, 7) is 34.3. The molecule has 0 heterocycles. The number of aliphatic hydroxyl groups excluding tert-OH is 1. The zero-order valence-corrected chi connectivity index (χ0v) is 40.3. The maximum absolute atomic E-state index is 12.5. The van der Waals surface area contributed by atoms with Crippen molar-refractivity contribution in [1.82, 2.24) is 0 Å². The molecule has 1 N–H and O–H groups in total. The fourth-order valence-corrected chi connectivity index (χ4v) is 9.47. The van der Waals surface area contributed by atoms with Gasteiger partial charge in [-0.3, -0.25) is 0 Å². The summed E-state index contributed by atoms with van der Waals surface area (Å²) in [5.74, 6) is 1.50. The number of methoxy groups -OCH3 is 2. The predicted octanol–water partition coefficient (Wildman–Crippen LogP) is 11.6. The van der Waals surface area contributed by atoms with Crippen LogP contribution in [-0.4, -0.2) is 75.8 Å². The Morgan fingerprint density at radius 2 is 0.927 bits per heavy atom. The molecule has 0 radical (unpaired) electrons. The summed E-state index contributed by atoms with van der Waals surface area (Å²) >= 11 is 0.